The van der Waals surface area contributed by atoms with Gasteiger partial charge in [-0.05, 0) is 127 Å². The summed E-state index contributed by atoms with van der Waals surface area (Å²) in [5, 5.41) is 2.18. The standard InChI is InChI=1S/C63H43NO/c1-2-41-25-27-44(28-26-41)46-31-36-49(37-32-46)64(48-34-29-45(30-35-48)42-15-5-3-6-16-42)62-60-52-21-11-14-24-56(52)63(54-22-12-9-19-50(54)51-20-10-13-23-55(51)63)57(60)40-59-61(62)53-39-47(33-38-58(53)65-59)43-17-7-4-8-18-43/h3-40H,2H2,1H3. The Hall–Kier alpha value is -8.20. The van der Waals surface area contributed by atoms with E-state index < -0.39 is 5.41 Å². The predicted molar refractivity (Wildman–Crippen MR) is 270 cm³/mol. The van der Waals surface area contributed by atoms with Gasteiger partial charge in [0.05, 0.1) is 16.5 Å². The molecule has 0 amide bonds. The van der Waals surface area contributed by atoms with Crippen LogP contribution in [-0.2, 0) is 11.8 Å². The molecule has 2 aliphatic rings. The first-order chi connectivity index (χ1) is 32.2. The lowest BCUT2D eigenvalue weighted by Gasteiger charge is -2.32. The molecule has 0 aliphatic heterocycles. The van der Waals surface area contributed by atoms with Crippen molar-refractivity contribution in [1.29, 1.82) is 0 Å². The number of benzene rings is 10. The quantitative estimate of drug-likeness (QED) is 0.159. The summed E-state index contributed by atoms with van der Waals surface area (Å²) in [4.78, 5) is 2.51. The van der Waals surface area contributed by atoms with Crippen molar-refractivity contribution in [2.24, 2.45) is 0 Å². The maximum Gasteiger partial charge on any atom is 0.137 e. The highest BCUT2D eigenvalue weighted by atomic mass is 16.3. The maximum atomic E-state index is 7.15. The SMILES string of the molecule is CCc1ccc(-c2ccc(N(c3ccc(-c4ccccc4)cc3)c3c4c(cc5oc6ccc(-c7ccccc7)cc6c35)C3(c5ccccc5-c5ccccc53)c3ccccc3-4)cc2)cc1. The number of aryl methyl sites for hydroxylation is 1. The van der Waals surface area contributed by atoms with Gasteiger partial charge < -0.3 is 9.32 Å². The molecule has 0 bridgehead atoms. The molecule has 306 valence electrons. The molecule has 13 rings (SSSR count). The highest BCUT2D eigenvalue weighted by Crippen LogP contribution is 2.66. The summed E-state index contributed by atoms with van der Waals surface area (Å²) in [5.41, 5.74) is 23.0. The van der Waals surface area contributed by atoms with Gasteiger partial charge in [0.1, 0.15) is 11.2 Å². The summed E-state index contributed by atoms with van der Waals surface area (Å²) in [6, 6.07) is 84.9. The molecule has 2 nitrogen and oxygen atoms in total. The van der Waals surface area contributed by atoms with Crippen molar-refractivity contribution in [1.82, 2.24) is 0 Å². The Morgan fingerprint density at radius 3 is 1.38 bits per heavy atom. The van der Waals surface area contributed by atoms with Crippen molar-refractivity contribution < 1.29 is 4.42 Å². The van der Waals surface area contributed by atoms with Crippen molar-refractivity contribution in [3.8, 4) is 55.6 Å². The second-order valence-corrected chi connectivity index (χ2v) is 17.4. The minimum atomic E-state index is -0.562. The second-order valence-electron chi connectivity index (χ2n) is 17.4. The van der Waals surface area contributed by atoms with E-state index >= 15 is 0 Å². The van der Waals surface area contributed by atoms with E-state index in [4.69, 9.17) is 4.42 Å². The van der Waals surface area contributed by atoms with Crippen molar-refractivity contribution in [2.75, 3.05) is 4.90 Å². The molecule has 0 atom stereocenters. The van der Waals surface area contributed by atoms with Gasteiger partial charge in [-0.25, -0.2) is 0 Å². The minimum Gasteiger partial charge on any atom is -0.456 e. The largest absolute Gasteiger partial charge is 0.456 e. The van der Waals surface area contributed by atoms with Crippen LogP contribution in [0.15, 0.2) is 235 Å². The van der Waals surface area contributed by atoms with Gasteiger partial charge in [-0.1, -0.05) is 195 Å². The molecule has 65 heavy (non-hydrogen) atoms. The molecule has 0 radical (unpaired) electrons. The van der Waals surface area contributed by atoms with Crippen LogP contribution in [0.25, 0.3) is 77.6 Å². The van der Waals surface area contributed by atoms with Crippen LogP contribution in [0.4, 0.5) is 17.1 Å². The fourth-order valence-corrected chi connectivity index (χ4v) is 11.1. The van der Waals surface area contributed by atoms with E-state index in [0.29, 0.717) is 0 Å². The van der Waals surface area contributed by atoms with E-state index in [0.717, 1.165) is 51.0 Å². The van der Waals surface area contributed by atoms with E-state index in [2.05, 4.69) is 242 Å². The summed E-state index contributed by atoms with van der Waals surface area (Å²) in [6.45, 7) is 2.21. The molecule has 1 spiro atoms. The second kappa shape index (κ2) is 14.7. The van der Waals surface area contributed by atoms with Gasteiger partial charge in [-0.15, -0.1) is 0 Å². The number of furan rings is 1. The first kappa shape index (κ1) is 37.4. The molecule has 2 aliphatic carbocycles. The Morgan fingerprint density at radius 2 is 0.831 bits per heavy atom. The average molecular weight is 830 g/mol. The maximum absolute atomic E-state index is 7.15. The Balaban J connectivity index is 1.15. The monoisotopic (exact) mass is 829 g/mol. The van der Waals surface area contributed by atoms with Crippen LogP contribution in [0.1, 0.15) is 34.7 Å². The lowest BCUT2D eigenvalue weighted by atomic mass is 9.70. The van der Waals surface area contributed by atoms with E-state index in [-0.39, 0.29) is 0 Å². The number of rotatable bonds is 7. The molecule has 10 aromatic carbocycles. The zero-order chi connectivity index (χ0) is 43.1. The summed E-state index contributed by atoms with van der Waals surface area (Å²) in [7, 11) is 0. The topological polar surface area (TPSA) is 16.4 Å². The number of fused-ring (bicyclic) bond motifs is 13. The fraction of sp³-hybridized carbons (Fsp3) is 0.0476. The van der Waals surface area contributed by atoms with Gasteiger partial charge in [0.15, 0.2) is 0 Å². The van der Waals surface area contributed by atoms with Crippen LogP contribution in [0.5, 0.6) is 0 Å². The smallest absolute Gasteiger partial charge is 0.137 e. The Bertz CT molecular complexity index is 3560. The Kier molecular flexibility index (Phi) is 8.44. The lowest BCUT2D eigenvalue weighted by molar-refractivity contribution is 0.666. The van der Waals surface area contributed by atoms with E-state index in [9.17, 15) is 0 Å². The van der Waals surface area contributed by atoms with Gasteiger partial charge in [0.2, 0.25) is 0 Å². The van der Waals surface area contributed by atoms with E-state index in [1.165, 1.54) is 77.9 Å². The van der Waals surface area contributed by atoms with Gasteiger partial charge >= 0.3 is 0 Å². The van der Waals surface area contributed by atoms with Crippen LogP contribution < -0.4 is 4.90 Å². The van der Waals surface area contributed by atoms with Crippen LogP contribution in [0.2, 0.25) is 0 Å². The summed E-state index contributed by atoms with van der Waals surface area (Å²) in [5.74, 6) is 0. The van der Waals surface area contributed by atoms with Gasteiger partial charge in [-0.3, -0.25) is 0 Å². The number of nitrogens with zero attached hydrogens (tertiary/aromatic N) is 1. The van der Waals surface area contributed by atoms with E-state index in [1.807, 2.05) is 0 Å². The third-order valence-corrected chi connectivity index (χ3v) is 14.1. The molecule has 0 unspecified atom stereocenters. The zero-order valence-corrected chi connectivity index (χ0v) is 36.0. The van der Waals surface area contributed by atoms with Crippen LogP contribution in [-0.4, -0.2) is 0 Å². The van der Waals surface area contributed by atoms with Crippen LogP contribution >= 0.6 is 0 Å². The molecular formula is C63H43NO. The summed E-state index contributed by atoms with van der Waals surface area (Å²) in [6.07, 6.45) is 1.02. The molecule has 1 aromatic heterocycles. The highest BCUT2D eigenvalue weighted by molar-refractivity contribution is 6.20. The summed E-state index contributed by atoms with van der Waals surface area (Å²) < 4.78 is 7.15. The average Bonchev–Trinajstić information content (AvgIpc) is 4.01. The number of hydrogen-bond acceptors (Lipinski definition) is 2. The van der Waals surface area contributed by atoms with Crippen molar-refractivity contribution in [2.45, 2.75) is 18.8 Å². The first-order valence-electron chi connectivity index (χ1n) is 22.7. The Labute approximate surface area is 379 Å². The summed E-state index contributed by atoms with van der Waals surface area (Å²) >= 11 is 0. The molecular weight excluding hydrogens is 787 g/mol. The zero-order valence-electron chi connectivity index (χ0n) is 36.0. The highest BCUT2D eigenvalue weighted by Gasteiger charge is 2.53. The first-order valence-corrected chi connectivity index (χ1v) is 22.7. The normalized spacial score (nSPS) is 12.9. The molecule has 0 N–H and O–H groups in total. The Morgan fingerprint density at radius 1 is 0.385 bits per heavy atom. The molecule has 1 heterocycles. The number of hydrogen-bond donors (Lipinski definition) is 0. The van der Waals surface area contributed by atoms with Gasteiger partial charge in [-0.2, -0.15) is 0 Å². The van der Waals surface area contributed by atoms with Crippen LogP contribution in [0.3, 0.4) is 0 Å². The molecule has 0 fully saturated rings. The van der Waals surface area contributed by atoms with Gasteiger partial charge in [0, 0.05) is 22.3 Å². The van der Waals surface area contributed by atoms with Gasteiger partial charge in [0.25, 0.3) is 0 Å². The molecule has 0 saturated heterocycles. The minimum absolute atomic E-state index is 0.562. The predicted octanol–water partition coefficient (Wildman–Crippen LogP) is 17.0. The van der Waals surface area contributed by atoms with Crippen LogP contribution in [0, 0.1) is 0 Å². The van der Waals surface area contributed by atoms with Crippen molar-refractivity contribution in [3.63, 3.8) is 0 Å². The molecule has 0 saturated carbocycles. The fourth-order valence-electron chi connectivity index (χ4n) is 11.1. The molecule has 2 heteroatoms. The van der Waals surface area contributed by atoms with Crippen molar-refractivity contribution in [3.05, 3.63) is 258 Å². The van der Waals surface area contributed by atoms with Crippen molar-refractivity contribution >= 4 is 39.0 Å². The third-order valence-electron chi connectivity index (χ3n) is 14.1. The number of anilines is 3. The lowest BCUT2D eigenvalue weighted by Crippen LogP contribution is -2.26. The van der Waals surface area contributed by atoms with E-state index in [1.54, 1.807) is 0 Å². The third kappa shape index (κ3) is 5.60. The molecule has 11 aromatic rings.